The molecule has 21 heavy (non-hydrogen) atoms. The van der Waals surface area contributed by atoms with Crippen LogP contribution >= 0.6 is 27.3 Å². The molecule has 5 nitrogen and oxygen atoms in total. The second-order valence-electron chi connectivity index (χ2n) is 5.19. The van der Waals surface area contributed by atoms with Crippen LogP contribution in [0.25, 0.3) is 0 Å². The molecule has 2 N–H and O–H groups in total. The average Bonchev–Trinajstić information content (AvgIpc) is 2.75. The Morgan fingerprint density at radius 1 is 1.33 bits per heavy atom. The molecule has 0 radical (unpaired) electrons. The van der Waals surface area contributed by atoms with Gasteiger partial charge in [0.05, 0.1) is 17.5 Å². The van der Waals surface area contributed by atoms with Crippen molar-refractivity contribution in [3.63, 3.8) is 0 Å². The minimum absolute atomic E-state index is 0.0407. The number of aryl methyl sites for hydroxylation is 1. The van der Waals surface area contributed by atoms with Crippen molar-refractivity contribution < 1.29 is 19.4 Å². The van der Waals surface area contributed by atoms with E-state index >= 15 is 0 Å². The molecule has 0 aliphatic heterocycles. The average molecular weight is 376 g/mol. The maximum atomic E-state index is 12.4. The van der Waals surface area contributed by atoms with Crippen molar-refractivity contribution in [2.24, 2.45) is 5.92 Å². The number of carbonyl (C=O) groups is 2. The SMILES string of the molecule is COc1c(C(=O)NC2CCC(C(=O)O)CC2)sc(C)c1Br. The van der Waals surface area contributed by atoms with Crippen LogP contribution in [0.15, 0.2) is 4.47 Å². The van der Waals surface area contributed by atoms with Gasteiger partial charge in [0.25, 0.3) is 5.91 Å². The Morgan fingerprint density at radius 2 is 1.95 bits per heavy atom. The third kappa shape index (κ3) is 3.58. The van der Waals surface area contributed by atoms with Crippen LogP contribution in [0.1, 0.15) is 40.2 Å². The topological polar surface area (TPSA) is 75.6 Å². The molecule has 1 amide bonds. The van der Waals surface area contributed by atoms with E-state index in [2.05, 4.69) is 21.2 Å². The highest BCUT2D eigenvalue weighted by Crippen LogP contribution is 2.39. The zero-order chi connectivity index (χ0) is 15.6. The Morgan fingerprint density at radius 3 is 2.48 bits per heavy atom. The third-order valence-corrected chi connectivity index (χ3v) is 6.09. The molecule has 2 rings (SSSR count). The normalized spacial score (nSPS) is 21.9. The molecular weight excluding hydrogens is 358 g/mol. The van der Waals surface area contributed by atoms with Gasteiger partial charge in [-0.15, -0.1) is 11.3 Å². The largest absolute Gasteiger partial charge is 0.494 e. The summed E-state index contributed by atoms with van der Waals surface area (Å²) in [5.74, 6) is -0.594. The molecule has 7 heteroatoms. The smallest absolute Gasteiger partial charge is 0.306 e. The summed E-state index contributed by atoms with van der Waals surface area (Å²) in [5, 5.41) is 12.0. The van der Waals surface area contributed by atoms with Crippen LogP contribution in [-0.2, 0) is 4.79 Å². The van der Waals surface area contributed by atoms with E-state index in [-0.39, 0.29) is 17.9 Å². The number of rotatable bonds is 4. The van der Waals surface area contributed by atoms with Crippen LogP contribution in [-0.4, -0.2) is 30.1 Å². The summed E-state index contributed by atoms with van der Waals surface area (Å²) in [4.78, 5) is 24.8. The van der Waals surface area contributed by atoms with E-state index in [1.165, 1.54) is 11.3 Å². The van der Waals surface area contributed by atoms with Crippen LogP contribution < -0.4 is 10.1 Å². The van der Waals surface area contributed by atoms with Crippen molar-refractivity contribution in [1.29, 1.82) is 0 Å². The highest BCUT2D eigenvalue weighted by Gasteiger charge is 2.28. The summed E-state index contributed by atoms with van der Waals surface area (Å²) >= 11 is 4.81. The second kappa shape index (κ2) is 6.79. The van der Waals surface area contributed by atoms with E-state index in [0.29, 0.717) is 36.3 Å². The quantitative estimate of drug-likeness (QED) is 0.846. The monoisotopic (exact) mass is 375 g/mol. The number of thiophene rings is 1. The van der Waals surface area contributed by atoms with Crippen molar-refractivity contribution in [3.05, 3.63) is 14.2 Å². The van der Waals surface area contributed by atoms with Crippen LogP contribution in [0.4, 0.5) is 0 Å². The van der Waals surface area contributed by atoms with Crippen molar-refractivity contribution in [1.82, 2.24) is 5.32 Å². The molecule has 0 aromatic carbocycles. The zero-order valence-electron chi connectivity index (χ0n) is 11.9. The molecule has 0 bridgehead atoms. The van der Waals surface area contributed by atoms with Crippen molar-refractivity contribution >= 4 is 39.1 Å². The third-order valence-electron chi connectivity index (χ3n) is 3.79. The number of halogens is 1. The lowest BCUT2D eigenvalue weighted by Crippen LogP contribution is -2.38. The lowest BCUT2D eigenvalue weighted by Gasteiger charge is -2.26. The van der Waals surface area contributed by atoms with Crippen LogP contribution in [0.5, 0.6) is 5.75 Å². The van der Waals surface area contributed by atoms with Crippen molar-refractivity contribution in [2.75, 3.05) is 7.11 Å². The molecule has 1 aromatic heterocycles. The van der Waals surface area contributed by atoms with Gasteiger partial charge in [0.15, 0.2) is 5.75 Å². The summed E-state index contributed by atoms with van der Waals surface area (Å²) in [5.41, 5.74) is 0. The van der Waals surface area contributed by atoms with Gasteiger partial charge in [-0.3, -0.25) is 9.59 Å². The highest BCUT2D eigenvalue weighted by atomic mass is 79.9. The summed E-state index contributed by atoms with van der Waals surface area (Å²) in [7, 11) is 1.54. The standard InChI is InChI=1S/C14H18BrNO4S/c1-7-10(15)11(20-2)12(21-7)13(17)16-9-5-3-8(4-6-9)14(18)19/h8-9H,3-6H2,1-2H3,(H,16,17)(H,18,19). The lowest BCUT2D eigenvalue weighted by molar-refractivity contribution is -0.142. The maximum absolute atomic E-state index is 12.4. The first kappa shape index (κ1) is 16.3. The molecular formula is C14H18BrNO4S. The molecule has 0 spiro atoms. The number of ether oxygens (including phenoxy) is 1. The lowest BCUT2D eigenvalue weighted by atomic mass is 9.86. The molecule has 1 aromatic rings. The molecule has 1 heterocycles. The van der Waals surface area contributed by atoms with Gasteiger partial charge in [-0.1, -0.05) is 0 Å². The number of amides is 1. The molecule has 1 aliphatic rings. The number of carboxylic acids is 1. The number of carboxylic acid groups (broad SMARTS) is 1. The van der Waals surface area contributed by atoms with Gasteiger partial charge >= 0.3 is 5.97 Å². The molecule has 0 atom stereocenters. The Labute approximate surface area is 135 Å². The van der Waals surface area contributed by atoms with Crippen LogP contribution in [0.2, 0.25) is 0 Å². The van der Waals surface area contributed by atoms with E-state index in [1.54, 1.807) is 7.11 Å². The number of carbonyl (C=O) groups excluding carboxylic acids is 1. The fraction of sp³-hybridized carbons (Fsp3) is 0.571. The van der Waals surface area contributed by atoms with Gasteiger partial charge in [0.1, 0.15) is 4.88 Å². The predicted octanol–water partition coefficient (Wildman–Crippen LogP) is 3.20. The van der Waals surface area contributed by atoms with Gasteiger partial charge in [0.2, 0.25) is 0 Å². The van der Waals surface area contributed by atoms with Gasteiger partial charge < -0.3 is 15.2 Å². The van der Waals surface area contributed by atoms with E-state index in [4.69, 9.17) is 9.84 Å². The predicted molar refractivity (Wildman–Crippen MR) is 84.2 cm³/mol. The van der Waals surface area contributed by atoms with E-state index in [0.717, 1.165) is 9.35 Å². The van der Waals surface area contributed by atoms with E-state index in [1.807, 2.05) is 6.92 Å². The fourth-order valence-corrected chi connectivity index (χ4v) is 4.22. The molecule has 116 valence electrons. The second-order valence-corrected chi connectivity index (χ2v) is 7.21. The Balaban J connectivity index is 2.00. The van der Waals surface area contributed by atoms with Gasteiger partial charge in [-0.05, 0) is 48.5 Å². The molecule has 0 unspecified atom stereocenters. The highest BCUT2D eigenvalue weighted by molar-refractivity contribution is 9.10. The van der Waals surface area contributed by atoms with Gasteiger partial charge in [0, 0.05) is 10.9 Å². The fourth-order valence-electron chi connectivity index (χ4n) is 2.57. The van der Waals surface area contributed by atoms with E-state index in [9.17, 15) is 9.59 Å². The summed E-state index contributed by atoms with van der Waals surface area (Å²) in [6.07, 6.45) is 2.64. The van der Waals surface area contributed by atoms with E-state index < -0.39 is 5.97 Å². The number of nitrogens with one attached hydrogen (secondary N) is 1. The first-order chi connectivity index (χ1) is 9.93. The van der Waals surface area contributed by atoms with Gasteiger partial charge in [-0.2, -0.15) is 0 Å². The maximum Gasteiger partial charge on any atom is 0.306 e. The molecule has 1 aliphatic carbocycles. The molecule has 1 saturated carbocycles. The molecule has 1 fully saturated rings. The van der Waals surface area contributed by atoms with Crippen LogP contribution in [0.3, 0.4) is 0 Å². The first-order valence-electron chi connectivity index (χ1n) is 6.80. The Bertz CT molecular complexity index is 549. The zero-order valence-corrected chi connectivity index (χ0v) is 14.3. The minimum Gasteiger partial charge on any atom is -0.494 e. The van der Waals surface area contributed by atoms with Gasteiger partial charge in [-0.25, -0.2) is 0 Å². The first-order valence-corrected chi connectivity index (χ1v) is 8.41. The minimum atomic E-state index is -0.737. The Kier molecular flexibility index (Phi) is 5.27. The van der Waals surface area contributed by atoms with Crippen molar-refractivity contribution in [3.8, 4) is 5.75 Å². The summed E-state index contributed by atoms with van der Waals surface area (Å²) in [6.45, 7) is 1.92. The number of methoxy groups -OCH3 is 1. The number of aliphatic carboxylic acids is 1. The number of hydrogen-bond acceptors (Lipinski definition) is 4. The Hall–Kier alpha value is -1.08. The van der Waals surface area contributed by atoms with Crippen molar-refractivity contribution in [2.45, 2.75) is 38.6 Å². The number of hydrogen-bond donors (Lipinski definition) is 2. The van der Waals surface area contributed by atoms with Crippen LogP contribution in [0, 0.1) is 12.8 Å². The summed E-state index contributed by atoms with van der Waals surface area (Å²) in [6, 6.07) is 0.0407. The molecule has 0 saturated heterocycles. The summed E-state index contributed by atoms with van der Waals surface area (Å²) < 4.78 is 6.10.